The van der Waals surface area contributed by atoms with E-state index in [0.717, 1.165) is 12.2 Å². The zero-order chi connectivity index (χ0) is 14.8. The number of aryl methyl sites for hydroxylation is 1. The van der Waals surface area contributed by atoms with Crippen LogP contribution in [-0.4, -0.2) is 19.6 Å². The van der Waals surface area contributed by atoms with Crippen molar-refractivity contribution in [3.63, 3.8) is 0 Å². The van der Waals surface area contributed by atoms with E-state index in [9.17, 15) is 0 Å². The van der Waals surface area contributed by atoms with E-state index >= 15 is 0 Å². The molecule has 0 saturated heterocycles. The molecule has 0 bridgehead atoms. The Balaban J connectivity index is 1.58. The van der Waals surface area contributed by atoms with Gasteiger partial charge in [-0.1, -0.05) is 12.8 Å². The van der Waals surface area contributed by atoms with Gasteiger partial charge in [0.15, 0.2) is 0 Å². The summed E-state index contributed by atoms with van der Waals surface area (Å²) in [7, 11) is 1.98. The smallest absolute Gasteiger partial charge is 0.0762 e. The third kappa shape index (κ3) is 3.02. The van der Waals surface area contributed by atoms with Gasteiger partial charge in [-0.05, 0) is 32.8 Å². The van der Waals surface area contributed by atoms with E-state index in [4.69, 9.17) is 5.10 Å². The lowest BCUT2D eigenvalue weighted by molar-refractivity contribution is 0.458. The summed E-state index contributed by atoms with van der Waals surface area (Å²) in [5, 5.41) is 12.6. The Kier molecular flexibility index (Phi) is 4.10. The fourth-order valence-electron chi connectivity index (χ4n) is 3.15. The number of nitrogens with zero attached hydrogens (tertiary/aromatic N) is 4. The first-order valence-electron chi connectivity index (χ1n) is 7.91. The molecule has 0 aromatic carbocycles. The van der Waals surface area contributed by atoms with Gasteiger partial charge in [-0.2, -0.15) is 10.2 Å². The quantitative estimate of drug-likeness (QED) is 0.920. The molecule has 0 amide bonds. The summed E-state index contributed by atoms with van der Waals surface area (Å²) in [4.78, 5) is 0. The van der Waals surface area contributed by atoms with E-state index in [1.807, 2.05) is 17.9 Å². The maximum Gasteiger partial charge on any atom is 0.0762 e. The summed E-state index contributed by atoms with van der Waals surface area (Å²) >= 11 is 0. The molecule has 2 aromatic rings. The summed E-state index contributed by atoms with van der Waals surface area (Å²) in [6.07, 6.45) is 9.32. The molecule has 2 heterocycles. The maximum atomic E-state index is 4.72. The maximum absolute atomic E-state index is 4.72. The normalized spacial score (nSPS) is 17.5. The molecule has 1 aliphatic carbocycles. The van der Waals surface area contributed by atoms with Crippen molar-refractivity contribution < 1.29 is 0 Å². The molecule has 5 heteroatoms. The molecule has 21 heavy (non-hydrogen) atoms. The number of rotatable bonds is 5. The molecule has 3 rings (SSSR count). The summed E-state index contributed by atoms with van der Waals surface area (Å²) in [5.41, 5.74) is 3.59. The number of hydrogen-bond acceptors (Lipinski definition) is 3. The molecular formula is C16H25N5. The molecular weight excluding hydrogens is 262 g/mol. The van der Waals surface area contributed by atoms with Crippen LogP contribution in [0.1, 0.15) is 61.6 Å². The van der Waals surface area contributed by atoms with Gasteiger partial charge in [0.2, 0.25) is 0 Å². The highest BCUT2D eigenvalue weighted by molar-refractivity contribution is 5.19. The van der Waals surface area contributed by atoms with Gasteiger partial charge < -0.3 is 5.32 Å². The lowest BCUT2D eigenvalue weighted by Gasteiger charge is -2.13. The molecule has 0 spiro atoms. The first-order chi connectivity index (χ1) is 10.1. The third-order valence-electron chi connectivity index (χ3n) is 4.69. The predicted octanol–water partition coefficient (Wildman–Crippen LogP) is 2.89. The van der Waals surface area contributed by atoms with E-state index in [1.54, 1.807) is 0 Å². The van der Waals surface area contributed by atoms with E-state index < -0.39 is 0 Å². The van der Waals surface area contributed by atoms with Gasteiger partial charge in [0.1, 0.15) is 0 Å². The Morgan fingerprint density at radius 3 is 2.81 bits per heavy atom. The fraction of sp³-hybridized carbons (Fsp3) is 0.625. The lowest BCUT2D eigenvalue weighted by Crippen LogP contribution is -2.19. The molecule has 1 aliphatic rings. The van der Waals surface area contributed by atoms with E-state index in [1.165, 1.54) is 36.9 Å². The van der Waals surface area contributed by atoms with Gasteiger partial charge >= 0.3 is 0 Å². The Morgan fingerprint density at radius 1 is 1.38 bits per heavy atom. The van der Waals surface area contributed by atoms with Crippen molar-refractivity contribution in [3.8, 4) is 0 Å². The van der Waals surface area contributed by atoms with Crippen LogP contribution in [-0.2, 0) is 13.6 Å². The minimum Gasteiger partial charge on any atom is -0.304 e. The molecule has 5 nitrogen and oxygen atoms in total. The fourth-order valence-corrected chi connectivity index (χ4v) is 3.15. The van der Waals surface area contributed by atoms with Gasteiger partial charge in [-0.15, -0.1) is 0 Å². The molecule has 1 atom stereocenters. The van der Waals surface area contributed by atoms with Crippen LogP contribution in [0.4, 0.5) is 0 Å². The number of aromatic nitrogens is 4. The monoisotopic (exact) mass is 287 g/mol. The standard InChI is InChI=1S/C16H25N5/c1-12(16-11-18-20(3)13(16)2)17-10-14-8-9-21(19-14)15-6-4-5-7-15/h8-9,11-12,15,17H,4-7,10H2,1-3H3. The van der Waals surface area contributed by atoms with Gasteiger partial charge in [0, 0.05) is 37.1 Å². The van der Waals surface area contributed by atoms with Crippen LogP contribution in [0, 0.1) is 6.92 Å². The number of nitrogens with one attached hydrogen (secondary N) is 1. The summed E-state index contributed by atoms with van der Waals surface area (Å²) < 4.78 is 4.08. The van der Waals surface area contributed by atoms with Crippen molar-refractivity contribution in [2.45, 2.75) is 58.2 Å². The molecule has 0 aliphatic heterocycles. The minimum atomic E-state index is 0.287. The zero-order valence-electron chi connectivity index (χ0n) is 13.2. The van der Waals surface area contributed by atoms with Gasteiger partial charge in [0.25, 0.3) is 0 Å². The molecule has 2 aromatic heterocycles. The molecule has 114 valence electrons. The molecule has 1 N–H and O–H groups in total. The summed E-state index contributed by atoms with van der Waals surface area (Å²) in [5.74, 6) is 0. The van der Waals surface area contributed by atoms with Gasteiger partial charge in [-0.25, -0.2) is 0 Å². The third-order valence-corrected chi connectivity index (χ3v) is 4.69. The van der Waals surface area contributed by atoms with E-state index in [-0.39, 0.29) is 6.04 Å². The van der Waals surface area contributed by atoms with Crippen molar-refractivity contribution in [2.75, 3.05) is 0 Å². The largest absolute Gasteiger partial charge is 0.304 e. The predicted molar refractivity (Wildman–Crippen MR) is 82.9 cm³/mol. The highest BCUT2D eigenvalue weighted by Crippen LogP contribution is 2.28. The van der Waals surface area contributed by atoms with Crippen molar-refractivity contribution in [3.05, 3.63) is 35.4 Å². The van der Waals surface area contributed by atoms with Crippen molar-refractivity contribution >= 4 is 0 Å². The Morgan fingerprint density at radius 2 is 2.14 bits per heavy atom. The van der Waals surface area contributed by atoms with Crippen LogP contribution in [0.25, 0.3) is 0 Å². The van der Waals surface area contributed by atoms with Crippen LogP contribution >= 0.6 is 0 Å². The number of hydrogen-bond donors (Lipinski definition) is 1. The second-order valence-corrected chi connectivity index (χ2v) is 6.14. The molecule has 1 saturated carbocycles. The summed E-state index contributed by atoms with van der Waals surface area (Å²) in [6.45, 7) is 5.09. The van der Waals surface area contributed by atoms with Crippen molar-refractivity contribution in [1.29, 1.82) is 0 Å². The van der Waals surface area contributed by atoms with Crippen LogP contribution in [0.5, 0.6) is 0 Å². The van der Waals surface area contributed by atoms with Crippen LogP contribution < -0.4 is 5.32 Å². The highest BCUT2D eigenvalue weighted by Gasteiger charge is 2.18. The second kappa shape index (κ2) is 6.02. The average Bonchev–Trinajstić information content (AvgIpc) is 3.19. The molecule has 0 radical (unpaired) electrons. The average molecular weight is 287 g/mol. The Bertz CT molecular complexity index is 592. The van der Waals surface area contributed by atoms with Crippen LogP contribution in [0.2, 0.25) is 0 Å². The Labute approximate surface area is 126 Å². The minimum absolute atomic E-state index is 0.287. The lowest BCUT2D eigenvalue weighted by atomic mass is 10.1. The molecule has 1 unspecified atom stereocenters. The second-order valence-electron chi connectivity index (χ2n) is 6.14. The molecule has 1 fully saturated rings. The van der Waals surface area contributed by atoms with Gasteiger partial charge in [-0.3, -0.25) is 9.36 Å². The van der Waals surface area contributed by atoms with Gasteiger partial charge in [0.05, 0.1) is 17.9 Å². The first-order valence-corrected chi connectivity index (χ1v) is 7.91. The Hall–Kier alpha value is -1.62. The van der Waals surface area contributed by atoms with Crippen LogP contribution in [0.15, 0.2) is 18.5 Å². The first kappa shape index (κ1) is 14.3. The topological polar surface area (TPSA) is 47.7 Å². The van der Waals surface area contributed by atoms with Crippen LogP contribution in [0.3, 0.4) is 0 Å². The van der Waals surface area contributed by atoms with E-state index in [2.05, 4.69) is 41.2 Å². The van der Waals surface area contributed by atoms with Crippen molar-refractivity contribution in [2.24, 2.45) is 7.05 Å². The van der Waals surface area contributed by atoms with E-state index in [0.29, 0.717) is 6.04 Å². The summed E-state index contributed by atoms with van der Waals surface area (Å²) in [6, 6.07) is 3.04. The zero-order valence-corrected chi connectivity index (χ0v) is 13.2. The SMILES string of the molecule is Cc1c(C(C)NCc2ccn(C3CCCC3)n2)cnn1C. The van der Waals surface area contributed by atoms with Crippen molar-refractivity contribution in [1.82, 2.24) is 24.9 Å². The highest BCUT2D eigenvalue weighted by atomic mass is 15.3.